The first-order valence-electron chi connectivity index (χ1n) is 8.51. The zero-order valence-electron chi connectivity index (χ0n) is 15.5. The van der Waals surface area contributed by atoms with Gasteiger partial charge in [0, 0.05) is 16.6 Å². The van der Waals surface area contributed by atoms with E-state index in [0.29, 0.717) is 22.3 Å². The van der Waals surface area contributed by atoms with Gasteiger partial charge in [0.15, 0.2) is 17.1 Å². The largest absolute Gasteiger partial charge is 0.493 e. The zero-order chi connectivity index (χ0) is 21.2. The fraction of sp³-hybridized carbons (Fsp3) is 0.200. The van der Waals surface area contributed by atoms with E-state index in [1.165, 1.54) is 25.3 Å². The number of amides is 2. The third-order valence-corrected chi connectivity index (χ3v) is 4.15. The molecule has 2 aromatic carbocycles. The molecule has 1 heterocycles. The molecule has 0 unspecified atom stereocenters. The number of para-hydroxylation sites is 1. The minimum atomic E-state index is -4.51. The normalized spacial score (nSPS) is 11.3. The highest BCUT2D eigenvalue weighted by molar-refractivity contribution is 6.06. The van der Waals surface area contributed by atoms with E-state index in [0.717, 1.165) is 0 Å². The summed E-state index contributed by atoms with van der Waals surface area (Å²) in [6.45, 7) is 0.247. The van der Waals surface area contributed by atoms with E-state index in [1.807, 2.05) is 0 Å². The quantitative estimate of drug-likeness (QED) is 0.662. The lowest BCUT2D eigenvalue weighted by Crippen LogP contribution is -2.33. The number of nitrogens with one attached hydrogen (secondary N) is 2. The first-order valence-corrected chi connectivity index (χ1v) is 8.51. The summed E-state index contributed by atoms with van der Waals surface area (Å²) in [5, 5.41) is 5.08. The Labute approximate surface area is 163 Å². The van der Waals surface area contributed by atoms with Crippen LogP contribution >= 0.6 is 0 Å². The van der Waals surface area contributed by atoms with Crippen molar-refractivity contribution in [2.75, 3.05) is 19.0 Å². The average Bonchev–Trinajstić information content (AvgIpc) is 3.11. The summed E-state index contributed by atoms with van der Waals surface area (Å²) in [6, 6.07) is 11.0. The third-order valence-electron chi connectivity index (χ3n) is 4.15. The lowest BCUT2D eigenvalue weighted by molar-refractivity contribution is -0.123. The molecule has 3 rings (SSSR count). The number of ether oxygens (including phenoxy) is 1. The molecule has 0 saturated heterocycles. The predicted molar refractivity (Wildman–Crippen MR) is 100 cm³/mol. The van der Waals surface area contributed by atoms with Crippen LogP contribution in [0.4, 0.5) is 18.9 Å². The maximum absolute atomic E-state index is 12.6. The van der Waals surface area contributed by atoms with Crippen LogP contribution in [0.25, 0.3) is 11.0 Å². The SMILES string of the molecule is COc1cccc2cc(C(=O)Nc3cc(C(=O)NCC(F)(F)F)ccc3C)oc12. The van der Waals surface area contributed by atoms with Crippen LogP contribution in [0.5, 0.6) is 5.75 Å². The number of hydrogen-bond acceptors (Lipinski definition) is 4. The van der Waals surface area contributed by atoms with Gasteiger partial charge in [-0.15, -0.1) is 0 Å². The molecule has 1 aromatic heterocycles. The molecule has 0 aliphatic rings. The Morgan fingerprint density at radius 3 is 2.55 bits per heavy atom. The molecule has 29 heavy (non-hydrogen) atoms. The molecule has 2 amide bonds. The average molecular weight is 406 g/mol. The smallest absolute Gasteiger partial charge is 0.405 e. The van der Waals surface area contributed by atoms with Gasteiger partial charge in [0.1, 0.15) is 6.54 Å². The van der Waals surface area contributed by atoms with Crippen molar-refractivity contribution in [3.8, 4) is 5.75 Å². The van der Waals surface area contributed by atoms with Gasteiger partial charge in [-0.25, -0.2) is 0 Å². The van der Waals surface area contributed by atoms with Crippen molar-refractivity contribution in [3.05, 3.63) is 59.4 Å². The van der Waals surface area contributed by atoms with Gasteiger partial charge in [0.25, 0.3) is 11.8 Å². The van der Waals surface area contributed by atoms with Crippen molar-refractivity contribution in [1.82, 2.24) is 5.32 Å². The second-order valence-corrected chi connectivity index (χ2v) is 6.27. The predicted octanol–water partition coefficient (Wildman–Crippen LogP) is 4.29. The highest BCUT2D eigenvalue weighted by Crippen LogP contribution is 2.29. The van der Waals surface area contributed by atoms with E-state index >= 15 is 0 Å². The molecule has 9 heteroatoms. The Morgan fingerprint density at radius 2 is 1.86 bits per heavy atom. The van der Waals surface area contributed by atoms with Crippen molar-refractivity contribution in [2.45, 2.75) is 13.1 Å². The summed E-state index contributed by atoms with van der Waals surface area (Å²) in [7, 11) is 1.48. The molecule has 0 saturated carbocycles. The summed E-state index contributed by atoms with van der Waals surface area (Å²) >= 11 is 0. The number of rotatable bonds is 5. The molecular formula is C20H17F3N2O4. The number of anilines is 1. The Kier molecular flexibility index (Phi) is 5.49. The van der Waals surface area contributed by atoms with Gasteiger partial charge in [-0.3, -0.25) is 9.59 Å². The highest BCUT2D eigenvalue weighted by Gasteiger charge is 2.28. The van der Waals surface area contributed by atoms with Gasteiger partial charge in [0.05, 0.1) is 7.11 Å². The molecule has 2 N–H and O–H groups in total. The van der Waals surface area contributed by atoms with Crippen molar-refractivity contribution >= 4 is 28.5 Å². The van der Waals surface area contributed by atoms with Crippen molar-refractivity contribution in [2.24, 2.45) is 0 Å². The summed E-state index contributed by atoms with van der Waals surface area (Å²) in [5.41, 5.74) is 1.31. The fourth-order valence-corrected chi connectivity index (χ4v) is 2.67. The molecule has 3 aromatic rings. The van der Waals surface area contributed by atoms with Crippen molar-refractivity contribution in [3.63, 3.8) is 0 Å². The van der Waals surface area contributed by atoms with E-state index in [2.05, 4.69) is 5.32 Å². The molecule has 0 spiro atoms. The lowest BCUT2D eigenvalue weighted by Gasteiger charge is -2.11. The van der Waals surface area contributed by atoms with Crippen LogP contribution in [-0.2, 0) is 0 Å². The number of methoxy groups -OCH3 is 1. The van der Waals surface area contributed by atoms with Crippen LogP contribution in [0.3, 0.4) is 0 Å². The Hall–Kier alpha value is -3.49. The van der Waals surface area contributed by atoms with Gasteiger partial charge in [-0.2, -0.15) is 13.2 Å². The molecule has 0 radical (unpaired) electrons. The summed E-state index contributed by atoms with van der Waals surface area (Å²) in [5.74, 6) is -0.970. The van der Waals surface area contributed by atoms with Crippen LogP contribution in [0.2, 0.25) is 0 Å². The monoisotopic (exact) mass is 406 g/mol. The topological polar surface area (TPSA) is 80.6 Å². The van der Waals surface area contributed by atoms with Gasteiger partial charge < -0.3 is 19.8 Å². The molecule has 0 atom stereocenters. The zero-order valence-corrected chi connectivity index (χ0v) is 15.5. The third kappa shape index (κ3) is 4.68. The molecule has 152 valence electrons. The van der Waals surface area contributed by atoms with Crippen LogP contribution < -0.4 is 15.4 Å². The summed E-state index contributed by atoms with van der Waals surface area (Å²) in [4.78, 5) is 24.5. The number of fused-ring (bicyclic) bond motifs is 1. The molecule has 0 aliphatic heterocycles. The number of aryl methyl sites for hydroxylation is 1. The van der Waals surface area contributed by atoms with Gasteiger partial charge in [-0.05, 0) is 36.8 Å². The molecular weight excluding hydrogens is 389 g/mol. The Morgan fingerprint density at radius 1 is 1.10 bits per heavy atom. The first-order chi connectivity index (χ1) is 13.7. The van der Waals surface area contributed by atoms with Crippen LogP contribution in [0.1, 0.15) is 26.5 Å². The lowest BCUT2D eigenvalue weighted by atomic mass is 10.1. The van der Waals surface area contributed by atoms with E-state index in [4.69, 9.17) is 9.15 Å². The van der Waals surface area contributed by atoms with Gasteiger partial charge in [-0.1, -0.05) is 18.2 Å². The maximum atomic E-state index is 12.6. The van der Waals surface area contributed by atoms with Gasteiger partial charge in [0.2, 0.25) is 0 Å². The fourth-order valence-electron chi connectivity index (χ4n) is 2.67. The number of halogens is 3. The van der Waals surface area contributed by atoms with E-state index in [-0.39, 0.29) is 17.0 Å². The summed E-state index contributed by atoms with van der Waals surface area (Å²) < 4.78 is 47.6. The van der Waals surface area contributed by atoms with Crippen molar-refractivity contribution < 1.29 is 31.9 Å². The van der Waals surface area contributed by atoms with Crippen molar-refractivity contribution in [1.29, 1.82) is 0 Å². The minimum absolute atomic E-state index is 0.0126. The first kappa shape index (κ1) is 20.2. The van der Waals surface area contributed by atoms with Crippen LogP contribution in [0.15, 0.2) is 46.9 Å². The molecule has 6 nitrogen and oxygen atoms in total. The number of alkyl halides is 3. The number of hydrogen-bond donors (Lipinski definition) is 2. The Balaban J connectivity index is 1.81. The molecule has 0 aliphatic carbocycles. The second-order valence-electron chi connectivity index (χ2n) is 6.27. The van der Waals surface area contributed by atoms with Crippen LogP contribution in [-0.4, -0.2) is 31.6 Å². The summed E-state index contributed by atoms with van der Waals surface area (Å²) in [6.07, 6.45) is -4.51. The molecule has 0 fully saturated rings. The number of benzene rings is 2. The highest BCUT2D eigenvalue weighted by atomic mass is 19.4. The molecule has 0 bridgehead atoms. The number of carbonyl (C=O) groups excluding carboxylic acids is 2. The second kappa shape index (κ2) is 7.86. The van der Waals surface area contributed by atoms with E-state index in [1.54, 1.807) is 36.5 Å². The van der Waals surface area contributed by atoms with Gasteiger partial charge >= 0.3 is 6.18 Å². The number of furan rings is 1. The van der Waals surface area contributed by atoms with Crippen LogP contribution in [0, 0.1) is 6.92 Å². The van der Waals surface area contributed by atoms with E-state index < -0.39 is 24.5 Å². The standard InChI is InChI=1S/C20H17F3N2O4/c1-11-6-7-13(18(26)24-10-20(21,22)23)8-14(11)25-19(27)16-9-12-4-3-5-15(28-2)17(12)29-16/h3-9H,10H2,1-2H3,(H,24,26)(H,25,27). The minimum Gasteiger partial charge on any atom is -0.493 e. The maximum Gasteiger partial charge on any atom is 0.405 e. The number of carbonyl (C=O) groups is 2. The van der Waals surface area contributed by atoms with E-state index in [9.17, 15) is 22.8 Å². The Bertz CT molecular complexity index is 1070.